The highest BCUT2D eigenvalue weighted by molar-refractivity contribution is 7.91. The Hall–Kier alpha value is -1.69. The average molecular weight is 479 g/mol. The number of sulfone groups is 1. The van der Waals surface area contributed by atoms with Crippen molar-refractivity contribution in [2.75, 3.05) is 31.2 Å². The van der Waals surface area contributed by atoms with Crippen molar-refractivity contribution in [2.24, 2.45) is 0 Å². The molecule has 0 unspecified atom stereocenters. The zero-order valence-electron chi connectivity index (χ0n) is 16.2. The fourth-order valence-electron chi connectivity index (χ4n) is 3.46. The maximum atomic E-state index is 12.9. The molecule has 9 nitrogen and oxygen atoms in total. The molecule has 3 rings (SSSR count). The Morgan fingerprint density at radius 2 is 1.90 bits per heavy atom. The molecule has 30 heavy (non-hydrogen) atoms. The molecule has 2 aliphatic rings. The number of carbonyl (C=O) groups is 2. The standard InChI is InChI=1S/C18H23ClN2O7S2/c19-15-5-4-13(10-16(15)30(26,27)21-7-2-1-3-8-21)18(23)28-11-17(22)20-14-6-9-29(24,25)12-14/h4-5,10,14H,1-3,6-9,11-12H2,(H,20,22)/t14-/m0/s1. The Balaban J connectivity index is 1.64. The first kappa shape index (κ1) is 23.0. The van der Waals surface area contributed by atoms with E-state index in [0.717, 1.165) is 25.3 Å². The molecule has 1 aromatic rings. The van der Waals surface area contributed by atoms with Crippen LogP contribution >= 0.6 is 11.6 Å². The lowest BCUT2D eigenvalue weighted by molar-refractivity contribution is -0.124. The molecule has 0 radical (unpaired) electrons. The van der Waals surface area contributed by atoms with Crippen molar-refractivity contribution in [3.8, 4) is 0 Å². The fraction of sp³-hybridized carbons (Fsp3) is 0.556. The van der Waals surface area contributed by atoms with Crippen LogP contribution in [0.2, 0.25) is 5.02 Å². The number of hydrogen-bond acceptors (Lipinski definition) is 7. The predicted molar refractivity (Wildman–Crippen MR) is 110 cm³/mol. The van der Waals surface area contributed by atoms with E-state index in [9.17, 15) is 26.4 Å². The summed E-state index contributed by atoms with van der Waals surface area (Å²) < 4.78 is 54.9. The zero-order valence-corrected chi connectivity index (χ0v) is 18.6. The number of nitrogens with one attached hydrogen (secondary N) is 1. The summed E-state index contributed by atoms with van der Waals surface area (Å²) >= 11 is 6.08. The van der Waals surface area contributed by atoms with Gasteiger partial charge in [-0.25, -0.2) is 21.6 Å². The van der Waals surface area contributed by atoms with Gasteiger partial charge in [0.05, 0.1) is 22.1 Å². The second-order valence-electron chi connectivity index (χ2n) is 7.35. The largest absolute Gasteiger partial charge is 0.452 e. The van der Waals surface area contributed by atoms with Crippen LogP contribution in [-0.2, 0) is 29.4 Å². The lowest BCUT2D eigenvalue weighted by Gasteiger charge is -2.26. The van der Waals surface area contributed by atoms with Crippen LogP contribution < -0.4 is 5.32 Å². The minimum atomic E-state index is -3.85. The summed E-state index contributed by atoms with van der Waals surface area (Å²) in [6, 6.07) is 3.27. The fourth-order valence-corrected chi connectivity index (χ4v) is 7.16. The summed E-state index contributed by atoms with van der Waals surface area (Å²) in [5, 5.41) is 2.51. The van der Waals surface area contributed by atoms with Crippen molar-refractivity contribution in [2.45, 2.75) is 36.6 Å². The van der Waals surface area contributed by atoms with Gasteiger partial charge in [0, 0.05) is 19.1 Å². The molecule has 2 fully saturated rings. The third kappa shape index (κ3) is 5.51. The van der Waals surface area contributed by atoms with Crippen molar-refractivity contribution in [1.29, 1.82) is 0 Å². The molecule has 12 heteroatoms. The molecule has 1 atom stereocenters. The van der Waals surface area contributed by atoms with Crippen molar-refractivity contribution in [3.05, 3.63) is 28.8 Å². The number of halogens is 1. The number of carbonyl (C=O) groups excluding carboxylic acids is 2. The van der Waals surface area contributed by atoms with Crippen LogP contribution in [0.4, 0.5) is 0 Å². The van der Waals surface area contributed by atoms with E-state index < -0.39 is 44.4 Å². The first-order valence-electron chi connectivity index (χ1n) is 9.55. The van der Waals surface area contributed by atoms with Gasteiger partial charge in [0.25, 0.3) is 5.91 Å². The lowest BCUT2D eigenvalue weighted by Crippen LogP contribution is -2.38. The maximum Gasteiger partial charge on any atom is 0.338 e. The summed E-state index contributed by atoms with van der Waals surface area (Å²) in [6.45, 7) is 0.182. The lowest BCUT2D eigenvalue weighted by atomic mass is 10.2. The number of hydrogen-bond donors (Lipinski definition) is 1. The van der Waals surface area contributed by atoms with E-state index >= 15 is 0 Å². The van der Waals surface area contributed by atoms with Gasteiger partial charge in [-0.2, -0.15) is 4.31 Å². The average Bonchev–Trinajstić information content (AvgIpc) is 3.05. The number of amides is 1. The van der Waals surface area contributed by atoms with Gasteiger partial charge < -0.3 is 10.1 Å². The van der Waals surface area contributed by atoms with Gasteiger partial charge in [-0.05, 0) is 37.5 Å². The third-order valence-corrected chi connectivity index (χ3v) is 9.18. The van der Waals surface area contributed by atoms with Gasteiger partial charge in [0.2, 0.25) is 10.0 Å². The van der Waals surface area contributed by atoms with Gasteiger partial charge in [-0.1, -0.05) is 18.0 Å². The Morgan fingerprint density at radius 3 is 2.53 bits per heavy atom. The molecular weight excluding hydrogens is 456 g/mol. The minimum absolute atomic E-state index is 0.00249. The van der Waals surface area contributed by atoms with Gasteiger partial charge in [-0.15, -0.1) is 0 Å². The van der Waals surface area contributed by atoms with Crippen molar-refractivity contribution in [3.63, 3.8) is 0 Å². The van der Waals surface area contributed by atoms with Crippen LogP contribution in [0.5, 0.6) is 0 Å². The van der Waals surface area contributed by atoms with Crippen LogP contribution in [0.15, 0.2) is 23.1 Å². The van der Waals surface area contributed by atoms with Crippen molar-refractivity contribution >= 4 is 43.3 Å². The summed E-state index contributed by atoms with van der Waals surface area (Å²) in [7, 11) is -6.99. The van der Waals surface area contributed by atoms with E-state index in [-0.39, 0.29) is 27.0 Å². The van der Waals surface area contributed by atoms with Crippen LogP contribution in [0.1, 0.15) is 36.0 Å². The molecule has 1 amide bonds. The van der Waals surface area contributed by atoms with E-state index in [4.69, 9.17) is 16.3 Å². The highest BCUT2D eigenvalue weighted by atomic mass is 35.5. The van der Waals surface area contributed by atoms with E-state index in [0.29, 0.717) is 19.5 Å². The molecule has 2 aliphatic heterocycles. The minimum Gasteiger partial charge on any atom is -0.452 e. The zero-order chi connectivity index (χ0) is 21.9. The Kier molecular flexibility index (Phi) is 7.05. The number of ether oxygens (including phenoxy) is 1. The summed E-state index contributed by atoms with van der Waals surface area (Å²) in [4.78, 5) is 24.1. The van der Waals surface area contributed by atoms with Crippen LogP contribution in [-0.4, -0.2) is 70.3 Å². The van der Waals surface area contributed by atoms with Gasteiger partial charge >= 0.3 is 5.97 Å². The molecule has 2 saturated heterocycles. The molecule has 1 aromatic carbocycles. The maximum absolute atomic E-state index is 12.9. The Labute approximate surface area is 180 Å². The molecule has 0 saturated carbocycles. The quantitative estimate of drug-likeness (QED) is 0.603. The summed E-state index contributed by atoms with van der Waals surface area (Å²) in [6.07, 6.45) is 2.80. The number of nitrogens with zero attached hydrogens (tertiary/aromatic N) is 1. The monoisotopic (exact) mass is 478 g/mol. The van der Waals surface area contributed by atoms with Gasteiger partial charge in [-0.3, -0.25) is 4.79 Å². The molecule has 1 N–H and O–H groups in total. The smallest absolute Gasteiger partial charge is 0.338 e. The SMILES string of the molecule is O=C(COC(=O)c1ccc(Cl)c(S(=O)(=O)N2CCCCC2)c1)N[C@H]1CCS(=O)(=O)C1. The van der Waals surface area contributed by atoms with E-state index in [1.165, 1.54) is 16.4 Å². The van der Waals surface area contributed by atoms with E-state index in [2.05, 4.69) is 5.32 Å². The van der Waals surface area contributed by atoms with Crippen LogP contribution in [0.25, 0.3) is 0 Å². The van der Waals surface area contributed by atoms with Crippen LogP contribution in [0, 0.1) is 0 Å². The molecule has 166 valence electrons. The highest BCUT2D eigenvalue weighted by Gasteiger charge is 2.30. The molecule has 0 aliphatic carbocycles. The van der Waals surface area contributed by atoms with E-state index in [1.807, 2.05) is 0 Å². The molecule has 2 heterocycles. The van der Waals surface area contributed by atoms with Crippen LogP contribution in [0.3, 0.4) is 0 Å². The third-order valence-electron chi connectivity index (χ3n) is 5.03. The topological polar surface area (TPSA) is 127 Å². The highest BCUT2D eigenvalue weighted by Crippen LogP contribution is 2.28. The first-order valence-corrected chi connectivity index (χ1v) is 13.2. The molecule has 0 aromatic heterocycles. The van der Waals surface area contributed by atoms with Crippen molar-refractivity contribution < 1.29 is 31.2 Å². The number of benzene rings is 1. The molecular formula is C18H23ClN2O7S2. The second kappa shape index (κ2) is 9.21. The Bertz CT molecular complexity index is 1030. The molecule has 0 spiro atoms. The number of piperidine rings is 1. The Morgan fingerprint density at radius 1 is 1.20 bits per heavy atom. The first-order chi connectivity index (χ1) is 14.1. The summed E-state index contributed by atoms with van der Waals surface area (Å²) in [5.41, 5.74) is -0.0498. The van der Waals surface area contributed by atoms with Gasteiger partial charge in [0.15, 0.2) is 16.4 Å². The summed E-state index contributed by atoms with van der Waals surface area (Å²) in [5.74, 6) is -1.63. The molecule has 0 bridgehead atoms. The number of esters is 1. The van der Waals surface area contributed by atoms with Gasteiger partial charge in [0.1, 0.15) is 4.90 Å². The number of sulfonamides is 1. The normalized spacial score (nSPS) is 21.8. The van der Waals surface area contributed by atoms with Crippen molar-refractivity contribution in [1.82, 2.24) is 9.62 Å². The number of rotatable bonds is 6. The predicted octanol–water partition coefficient (Wildman–Crippen LogP) is 0.975. The second-order valence-corrected chi connectivity index (χ2v) is 11.9. The van der Waals surface area contributed by atoms with E-state index in [1.54, 1.807) is 0 Å².